The van der Waals surface area contributed by atoms with Crippen LogP contribution in [0.3, 0.4) is 0 Å². The Balaban J connectivity index is 1.86. The lowest BCUT2D eigenvalue weighted by Gasteiger charge is -2.07. The number of hydrogen-bond acceptors (Lipinski definition) is 5. The van der Waals surface area contributed by atoms with Gasteiger partial charge in [-0.1, -0.05) is 0 Å². The fourth-order valence-corrected chi connectivity index (χ4v) is 1.69. The van der Waals surface area contributed by atoms with Crippen molar-refractivity contribution < 1.29 is 19.1 Å². The van der Waals surface area contributed by atoms with Gasteiger partial charge in [0.1, 0.15) is 11.5 Å². The van der Waals surface area contributed by atoms with Crippen LogP contribution in [0.25, 0.3) is 0 Å². The molecule has 0 aliphatic rings. The number of nitriles is 1. The summed E-state index contributed by atoms with van der Waals surface area (Å²) in [7, 11) is 0. The molecule has 0 fully saturated rings. The topological polar surface area (TPSA) is 76.4 Å². The number of rotatable bonds is 5. The summed E-state index contributed by atoms with van der Waals surface area (Å²) in [5.41, 5.74) is 1.06. The van der Waals surface area contributed by atoms with Gasteiger partial charge in [-0.15, -0.1) is 0 Å². The van der Waals surface area contributed by atoms with E-state index < -0.39 is 5.97 Å². The normalized spacial score (nSPS) is 9.64. The molecule has 0 saturated carbocycles. The molecule has 0 bridgehead atoms. The lowest BCUT2D eigenvalue weighted by Crippen LogP contribution is -2.17. The van der Waals surface area contributed by atoms with Gasteiger partial charge in [-0.25, -0.2) is 4.79 Å². The Kier molecular flexibility index (Phi) is 4.89. The monoisotopic (exact) mass is 295 g/mol. The average Bonchev–Trinajstić information content (AvgIpc) is 2.54. The van der Waals surface area contributed by atoms with E-state index in [1.54, 1.807) is 36.4 Å². The van der Waals surface area contributed by atoms with Crippen LogP contribution in [0, 0.1) is 11.3 Å². The second kappa shape index (κ2) is 7.04. The van der Waals surface area contributed by atoms with E-state index in [9.17, 15) is 9.59 Å². The predicted octanol–water partition coefficient (Wildman–Crippen LogP) is 2.75. The van der Waals surface area contributed by atoms with Gasteiger partial charge in [-0.3, -0.25) is 4.79 Å². The van der Waals surface area contributed by atoms with Crippen LogP contribution < -0.4 is 9.47 Å². The summed E-state index contributed by atoms with van der Waals surface area (Å²) >= 11 is 0. The highest BCUT2D eigenvalue weighted by Gasteiger charge is 2.07. The third-order valence-corrected chi connectivity index (χ3v) is 2.83. The first-order chi connectivity index (χ1) is 10.6. The Labute approximate surface area is 127 Å². The third kappa shape index (κ3) is 4.18. The molecule has 2 rings (SSSR count). The maximum absolute atomic E-state index is 11.6. The quantitative estimate of drug-likeness (QED) is 0.481. The van der Waals surface area contributed by atoms with Crippen LogP contribution in [0.5, 0.6) is 11.5 Å². The van der Waals surface area contributed by atoms with Gasteiger partial charge in [-0.05, 0) is 55.5 Å². The van der Waals surface area contributed by atoms with Crippen molar-refractivity contribution >= 4 is 11.8 Å². The number of nitrogens with zero attached hydrogens (tertiary/aromatic N) is 1. The predicted molar refractivity (Wildman–Crippen MR) is 78.7 cm³/mol. The highest BCUT2D eigenvalue weighted by Crippen LogP contribution is 2.14. The number of carbonyl (C=O) groups excluding carboxylic acids is 2. The van der Waals surface area contributed by atoms with Gasteiger partial charge in [0.05, 0.1) is 11.6 Å². The highest BCUT2D eigenvalue weighted by molar-refractivity contribution is 5.94. The molecule has 5 nitrogen and oxygen atoms in total. The van der Waals surface area contributed by atoms with Crippen molar-refractivity contribution in [2.45, 2.75) is 6.92 Å². The van der Waals surface area contributed by atoms with Crippen molar-refractivity contribution in [3.05, 3.63) is 59.7 Å². The number of carbonyl (C=O) groups is 2. The molecule has 0 radical (unpaired) electrons. The molecule has 0 unspecified atom stereocenters. The summed E-state index contributed by atoms with van der Waals surface area (Å²) in [4.78, 5) is 22.8. The smallest absolute Gasteiger partial charge is 0.349 e. The van der Waals surface area contributed by atoms with Gasteiger partial charge in [0.25, 0.3) is 0 Å². The van der Waals surface area contributed by atoms with Crippen LogP contribution >= 0.6 is 0 Å². The molecule has 2 aromatic rings. The van der Waals surface area contributed by atoms with Gasteiger partial charge >= 0.3 is 5.97 Å². The zero-order chi connectivity index (χ0) is 15.9. The minimum absolute atomic E-state index is 0.0354. The van der Waals surface area contributed by atoms with Crippen molar-refractivity contribution in [3.8, 4) is 17.6 Å². The highest BCUT2D eigenvalue weighted by atomic mass is 16.6. The molecular formula is C17H13NO4. The molecule has 110 valence electrons. The molecule has 0 saturated heterocycles. The zero-order valence-corrected chi connectivity index (χ0v) is 11.9. The van der Waals surface area contributed by atoms with E-state index in [1.165, 1.54) is 19.1 Å². The molecule has 0 aromatic heterocycles. The summed E-state index contributed by atoms with van der Waals surface area (Å²) in [5, 5.41) is 8.68. The average molecular weight is 295 g/mol. The van der Waals surface area contributed by atoms with E-state index in [-0.39, 0.29) is 12.4 Å². The first-order valence-electron chi connectivity index (χ1n) is 6.53. The van der Waals surface area contributed by atoms with Gasteiger partial charge < -0.3 is 9.47 Å². The minimum Gasteiger partial charge on any atom is -0.482 e. The van der Waals surface area contributed by atoms with E-state index in [0.717, 1.165) is 0 Å². The van der Waals surface area contributed by atoms with Gasteiger partial charge in [-0.2, -0.15) is 5.26 Å². The number of ketones is 1. The van der Waals surface area contributed by atoms with Crippen molar-refractivity contribution in [2.24, 2.45) is 0 Å². The Hall–Kier alpha value is -3.13. The van der Waals surface area contributed by atoms with Crippen molar-refractivity contribution in [3.63, 3.8) is 0 Å². The molecule has 0 spiro atoms. The summed E-state index contributed by atoms with van der Waals surface area (Å²) < 4.78 is 10.4. The number of ether oxygens (including phenoxy) is 2. The fraction of sp³-hybridized carbons (Fsp3) is 0.118. The van der Waals surface area contributed by atoms with Crippen molar-refractivity contribution in [2.75, 3.05) is 6.61 Å². The summed E-state index contributed by atoms with van der Waals surface area (Å²) in [6, 6.07) is 14.7. The maximum Gasteiger partial charge on any atom is 0.349 e. The molecule has 0 amide bonds. The van der Waals surface area contributed by atoms with Crippen LogP contribution in [-0.4, -0.2) is 18.4 Å². The van der Waals surface area contributed by atoms with Gasteiger partial charge in [0.15, 0.2) is 12.4 Å². The van der Waals surface area contributed by atoms with E-state index >= 15 is 0 Å². The molecule has 22 heavy (non-hydrogen) atoms. The van der Waals surface area contributed by atoms with E-state index in [0.29, 0.717) is 22.6 Å². The second-order valence-corrected chi connectivity index (χ2v) is 4.48. The molecule has 0 aliphatic carbocycles. The lowest BCUT2D eigenvalue weighted by molar-refractivity contribution is -0.136. The van der Waals surface area contributed by atoms with Crippen LogP contribution in [-0.2, 0) is 4.79 Å². The number of esters is 1. The van der Waals surface area contributed by atoms with Crippen LogP contribution in [0.15, 0.2) is 48.5 Å². The largest absolute Gasteiger partial charge is 0.482 e. The van der Waals surface area contributed by atoms with Crippen LogP contribution in [0.4, 0.5) is 0 Å². The summed E-state index contributed by atoms with van der Waals surface area (Å²) in [6.07, 6.45) is 0. The molecule has 0 heterocycles. The fourth-order valence-electron chi connectivity index (χ4n) is 1.69. The van der Waals surface area contributed by atoms with Gasteiger partial charge in [0.2, 0.25) is 0 Å². The molecule has 5 heteroatoms. The SMILES string of the molecule is CC(=O)c1ccc(OCC(=O)Oc2ccc(C#N)cc2)cc1. The maximum atomic E-state index is 11.6. The molecule has 2 aromatic carbocycles. The molecular weight excluding hydrogens is 282 g/mol. The van der Waals surface area contributed by atoms with Crippen LogP contribution in [0.2, 0.25) is 0 Å². The second-order valence-electron chi connectivity index (χ2n) is 4.48. The Bertz CT molecular complexity index is 712. The molecule has 0 N–H and O–H groups in total. The number of Topliss-reactive ketones (excluding diaryl/α,β-unsaturated/α-hetero) is 1. The van der Waals surface area contributed by atoms with E-state index in [2.05, 4.69) is 0 Å². The van der Waals surface area contributed by atoms with E-state index in [1.807, 2.05) is 6.07 Å². The first-order valence-corrected chi connectivity index (χ1v) is 6.53. The standard InChI is InChI=1S/C17H13NO4/c1-12(19)14-4-8-15(9-5-14)21-11-17(20)22-16-6-2-13(10-18)3-7-16/h2-9H,11H2,1H3. The minimum atomic E-state index is -0.555. The zero-order valence-electron chi connectivity index (χ0n) is 11.9. The van der Waals surface area contributed by atoms with Crippen LogP contribution in [0.1, 0.15) is 22.8 Å². The number of benzene rings is 2. The Morgan fingerprint density at radius 2 is 1.59 bits per heavy atom. The van der Waals surface area contributed by atoms with Crippen molar-refractivity contribution in [1.29, 1.82) is 5.26 Å². The van der Waals surface area contributed by atoms with E-state index in [4.69, 9.17) is 14.7 Å². The first kappa shape index (κ1) is 15.3. The Morgan fingerprint density at radius 3 is 2.14 bits per heavy atom. The number of hydrogen-bond donors (Lipinski definition) is 0. The molecule has 0 aliphatic heterocycles. The lowest BCUT2D eigenvalue weighted by atomic mass is 10.1. The molecule has 0 atom stereocenters. The van der Waals surface area contributed by atoms with Crippen molar-refractivity contribution in [1.82, 2.24) is 0 Å². The Morgan fingerprint density at radius 1 is 1.00 bits per heavy atom. The summed E-state index contributed by atoms with van der Waals surface area (Å²) in [5.74, 6) is 0.230. The van der Waals surface area contributed by atoms with Gasteiger partial charge in [0, 0.05) is 5.56 Å². The summed E-state index contributed by atoms with van der Waals surface area (Å²) in [6.45, 7) is 1.23. The third-order valence-electron chi connectivity index (χ3n) is 2.83.